The lowest BCUT2D eigenvalue weighted by atomic mass is 10.4. The van der Waals surface area contributed by atoms with E-state index in [1.165, 1.54) is 13.8 Å². The summed E-state index contributed by atoms with van der Waals surface area (Å²) in [5.41, 5.74) is 0. The Balaban J connectivity index is 3.83. The molecule has 0 aliphatic rings. The zero-order valence-electron chi connectivity index (χ0n) is 7.64. The maximum Gasteiger partial charge on any atom is 0.399 e. The average Bonchev–Trinajstić information content (AvgIpc) is 2.00. The Bertz CT molecular complexity index is 256. The molecule has 0 bridgehead atoms. The summed E-state index contributed by atoms with van der Waals surface area (Å²) in [7, 11) is -2.96. The second-order valence-electron chi connectivity index (χ2n) is 2.28. The van der Waals surface area contributed by atoms with E-state index in [9.17, 15) is 13.2 Å². The number of hydrogen-bond acceptors (Lipinski definition) is 6. The average molecular weight is 212 g/mol. The van der Waals surface area contributed by atoms with Crippen LogP contribution in [0.15, 0.2) is 0 Å². The minimum absolute atomic E-state index is 0.254. The zero-order chi connectivity index (χ0) is 10.5. The van der Waals surface area contributed by atoms with Crippen molar-refractivity contribution in [3.63, 3.8) is 0 Å². The van der Waals surface area contributed by atoms with Gasteiger partial charge in [0.05, 0.1) is 7.11 Å². The van der Waals surface area contributed by atoms with Gasteiger partial charge in [-0.05, 0) is 6.92 Å². The van der Waals surface area contributed by atoms with Crippen LogP contribution in [0.3, 0.4) is 0 Å². The van der Waals surface area contributed by atoms with Crippen LogP contribution in [0.5, 0.6) is 0 Å². The van der Waals surface area contributed by atoms with Gasteiger partial charge in [0.2, 0.25) is 0 Å². The molecule has 0 aromatic rings. The fraction of sp³-hybridized carbons (Fsp3) is 0.833. The van der Waals surface area contributed by atoms with Crippen molar-refractivity contribution in [2.45, 2.75) is 20.0 Å². The third-order valence-electron chi connectivity index (χ3n) is 1.02. The molecule has 0 heterocycles. The first kappa shape index (κ1) is 12.3. The van der Waals surface area contributed by atoms with Crippen LogP contribution in [0.25, 0.3) is 0 Å². The Morgan fingerprint density at radius 2 is 2.00 bits per heavy atom. The molecule has 1 atom stereocenters. The van der Waals surface area contributed by atoms with Gasteiger partial charge in [-0.2, -0.15) is 8.42 Å². The van der Waals surface area contributed by atoms with Crippen molar-refractivity contribution in [3.8, 4) is 0 Å². The first-order chi connectivity index (χ1) is 5.87. The molecule has 0 spiro atoms. The minimum Gasteiger partial charge on any atom is -0.460 e. The van der Waals surface area contributed by atoms with Gasteiger partial charge in [-0.3, -0.25) is 8.98 Å². The number of esters is 1. The number of carbonyl (C=O) groups excluding carboxylic acids is 1. The van der Waals surface area contributed by atoms with Crippen molar-refractivity contribution in [3.05, 3.63) is 0 Å². The molecule has 7 heteroatoms. The van der Waals surface area contributed by atoms with E-state index in [-0.39, 0.29) is 6.61 Å². The summed E-state index contributed by atoms with van der Waals surface area (Å²) in [4.78, 5) is 10.4. The molecule has 0 saturated carbocycles. The van der Waals surface area contributed by atoms with Gasteiger partial charge in [-0.25, -0.2) is 4.18 Å². The van der Waals surface area contributed by atoms with Crippen LogP contribution >= 0.6 is 0 Å². The predicted octanol–water partition coefficient (Wildman–Crippen LogP) is -0.154. The van der Waals surface area contributed by atoms with E-state index >= 15 is 0 Å². The second kappa shape index (κ2) is 5.15. The summed E-state index contributed by atoms with van der Waals surface area (Å²) in [5, 5.41) is 0. The maximum absolute atomic E-state index is 10.6. The molecule has 1 unspecified atom stereocenters. The van der Waals surface area contributed by atoms with Gasteiger partial charge in [0.25, 0.3) is 0 Å². The zero-order valence-corrected chi connectivity index (χ0v) is 8.46. The van der Waals surface area contributed by atoms with Crippen LogP contribution in [-0.2, 0) is 28.3 Å². The van der Waals surface area contributed by atoms with Crippen LogP contribution in [0.1, 0.15) is 13.8 Å². The van der Waals surface area contributed by atoms with Crippen LogP contribution in [-0.4, -0.2) is 34.2 Å². The predicted molar refractivity (Wildman–Crippen MR) is 43.1 cm³/mol. The molecule has 0 aromatic carbocycles. The van der Waals surface area contributed by atoms with Gasteiger partial charge in [-0.1, -0.05) is 0 Å². The SMILES string of the molecule is COS(=O)(=O)OCC(C)OC(C)=O. The summed E-state index contributed by atoms with van der Waals surface area (Å²) in [6.45, 7) is 2.48. The summed E-state index contributed by atoms with van der Waals surface area (Å²) in [5.74, 6) is -0.495. The second-order valence-corrected chi connectivity index (χ2v) is 3.67. The molecule has 0 aromatic heterocycles. The van der Waals surface area contributed by atoms with Crippen LogP contribution in [0.2, 0.25) is 0 Å². The Labute approximate surface area is 77.1 Å². The fourth-order valence-electron chi connectivity index (χ4n) is 0.545. The van der Waals surface area contributed by atoms with Crippen LogP contribution in [0, 0.1) is 0 Å². The molecular formula is C6H12O6S. The van der Waals surface area contributed by atoms with E-state index < -0.39 is 22.5 Å². The van der Waals surface area contributed by atoms with E-state index in [0.29, 0.717) is 0 Å². The van der Waals surface area contributed by atoms with Crippen LogP contribution in [0.4, 0.5) is 0 Å². The van der Waals surface area contributed by atoms with Crippen molar-refractivity contribution in [2.24, 2.45) is 0 Å². The Morgan fingerprint density at radius 1 is 1.46 bits per heavy atom. The molecule has 0 rings (SSSR count). The topological polar surface area (TPSA) is 78.9 Å². The van der Waals surface area contributed by atoms with Crippen molar-refractivity contribution in [2.75, 3.05) is 13.7 Å². The molecule has 0 amide bonds. The molecule has 0 saturated heterocycles. The molecule has 13 heavy (non-hydrogen) atoms. The van der Waals surface area contributed by atoms with Gasteiger partial charge < -0.3 is 4.74 Å². The number of hydrogen-bond donors (Lipinski definition) is 0. The molecular weight excluding hydrogens is 200 g/mol. The third-order valence-corrected chi connectivity index (χ3v) is 1.85. The summed E-state index contributed by atoms with van der Waals surface area (Å²) in [6.07, 6.45) is -0.623. The maximum atomic E-state index is 10.6. The monoisotopic (exact) mass is 212 g/mol. The summed E-state index contributed by atoms with van der Waals surface area (Å²) in [6, 6.07) is 0. The molecule has 0 N–H and O–H groups in total. The first-order valence-electron chi connectivity index (χ1n) is 3.49. The molecule has 0 aliphatic heterocycles. The van der Waals surface area contributed by atoms with Crippen molar-refractivity contribution in [1.29, 1.82) is 0 Å². The molecule has 78 valence electrons. The van der Waals surface area contributed by atoms with Crippen LogP contribution < -0.4 is 0 Å². The normalized spacial score (nSPS) is 13.8. The van der Waals surface area contributed by atoms with E-state index in [4.69, 9.17) is 0 Å². The molecule has 0 fully saturated rings. The van der Waals surface area contributed by atoms with E-state index in [2.05, 4.69) is 13.1 Å². The highest BCUT2D eigenvalue weighted by Gasteiger charge is 2.13. The lowest BCUT2D eigenvalue weighted by Gasteiger charge is -2.10. The summed E-state index contributed by atoms with van der Waals surface area (Å²) < 4.78 is 34.1. The lowest BCUT2D eigenvalue weighted by Crippen LogP contribution is -2.21. The first-order valence-corrected chi connectivity index (χ1v) is 4.83. The minimum atomic E-state index is -3.94. The van der Waals surface area contributed by atoms with Gasteiger partial charge in [-0.15, -0.1) is 0 Å². The Kier molecular flexibility index (Phi) is 4.89. The summed E-state index contributed by atoms with van der Waals surface area (Å²) >= 11 is 0. The largest absolute Gasteiger partial charge is 0.460 e. The highest BCUT2D eigenvalue weighted by atomic mass is 32.3. The molecule has 0 aliphatic carbocycles. The quantitative estimate of drug-likeness (QED) is 0.589. The van der Waals surface area contributed by atoms with E-state index in [1.54, 1.807) is 0 Å². The number of ether oxygens (including phenoxy) is 1. The molecule has 0 radical (unpaired) electrons. The Hall–Kier alpha value is -0.660. The van der Waals surface area contributed by atoms with Gasteiger partial charge >= 0.3 is 16.4 Å². The number of rotatable bonds is 5. The van der Waals surface area contributed by atoms with Crippen molar-refractivity contribution in [1.82, 2.24) is 0 Å². The Morgan fingerprint density at radius 3 is 2.38 bits per heavy atom. The number of carbonyl (C=O) groups is 1. The molecule has 6 nitrogen and oxygen atoms in total. The van der Waals surface area contributed by atoms with Crippen molar-refractivity contribution >= 4 is 16.4 Å². The third kappa shape index (κ3) is 6.50. The standard InChI is InChI=1S/C6H12O6S/c1-5(12-6(2)7)4-11-13(8,9)10-3/h5H,4H2,1-3H3. The van der Waals surface area contributed by atoms with E-state index in [1.807, 2.05) is 0 Å². The van der Waals surface area contributed by atoms with E-state index in [0.717, 1.165) is 7.11 Å². The van der Waals surface area contributed by atoms with Gasteiger partial charge in [0.15, 0.2) is 0 Å². The fourth-order valence-corrected chi connectivity index (χ4v) is 0.999. The smallest absolute Gasteiger partial charge is 0.399 e. The van der Waals surface area contributed by atoms with Gasteiger partial charge in [0, 0.05) is 6.92 Å². The highest BCUT2D eigenvalue weighted by Crippen LogP contribution is 1.98. The van der Waals surface area contributed by atoms with Gasteiger partial charge in [0.1, 0.15) is 12.7 Å². The van der Waals surface area contributed by atoms with Crippen molar-refractivity contribution < 1.29 is 26.3 Å². The highest BCUT2D eigenvalue weighted by molar-refractivity contribution is 7.81. The lowest BCUT2D eigenvalue weighted by molar-refractivity contribution is -0.146.